The van der Waals surface area contributed by atoms with Gasteiger partial charge in [-0.15, -0.1) is 0 Å². The van der Waals surface area contributed by atoms with Crippen molar-refractivity contribution in [2.45, 2.75) is 13.3 Å². The van der Waals surface area contributed by atoms with Gasteiger partial charge in [-0.1, -0.05) is 28.1 Å². The standard InChI is InChI=1S/C10H12BrNO/c1-8-6-9(4-2-3-5-11)7-12-10(8)13/h2,4,6-7H,3,5H2,1H3,(H,12,13). The number of H-pyrrole nitrogens is 1. The first-order valence-electron chi connectivity index (χ1n) is 4.16. The molecule has 0 aromatic carbocycles. The number of allylic oxidation sites excluding steroid dienone is 1. The van der Waals surface area contributed by atoms with E-state index in [9.17, 15) is 4.79 Å². The molecule has 0 atom stereocenters. The molecular weight excluding hydrogens is 230 g/mol. The number of rotatable bonds is 3. The van der Waals surface area contributed by atoms with Crippen LogP contribution in [0.3, 0.4) is 0 Å². The first kappa shape index (κ1) is 10.3. The van der Waals surface area contributed by atoms with Crippen molar-refractivity contribution in [2.75, 3.05) is 5.33 Å². The number of aromatic nitrogens is 1. The first-order chi connectivity index (χ1) is 6.24. The van der Waals surface area contributed by atoms with Gasteiger partial charge >= 0.3 is 0 Å². The van der Waals surface area contributed by atoms with Gasteiger partial charge < -0.3 is 4.98 Å². The predicted octanol–water partition coefficient (Wildman–Crippen LogP) is 2.48. The van der Waals surface area contributed by atoms with Crippen LogP contribution in [-0.2, 0) is 0 Å². The summed E-state index contributed by atoms with van der Waals surface area (Å²) in [6, 6.07) is 1.88. The maximum atomic E-state index is 11.0. The number of pyridine rings is 1. The minimum absolute atomic E-state index is 0.0161. The van der Waals surface area contributed by atoms with Crippen molar-refractivity contribution < 1.29 is 0 Å². The fraction of sp³-hybridized carbons (Fsp3) is 0.300. The second-order valence-corrected chi connectivity index (χ2v) is 3.62. The van der Waals surface area contributed by atoms with Crippen molar-refractivity contribution in [3.63, 3.8) is 0 Å². The van der Waals surface area contributed by atoms with Crippen LogP contribution in [0.5, 0.6) is 0 Å². The highest BCUT2D eigenvalue weighted by molar-refractivity contribution is 9.09. The number of halogens is 1. The molecule has 2 nitrogen and oxygen atoms in total. The molecule has 0 saturated carbocycles. The lowest BCUT2D eigenvalue weighted by atomic mass is 10.2. The van der Waals surface area contributed by atoms with Crippen LogP contribution in [-0.4, -0.2) is 10.3 Å². The minimum atomic E-state index is -0.0161. The Kier molecular flexibility index (Phi) is 3.96. The Bertz CT molecular complexity index is 354. The first-order valence-corrected chi connectivity index (χ1v) is 5.28. The smallest absolute Gasteiger partial charge is 0.250 e. The number of hydrogen-bond donors (Lipinski definition) is 1. The zero-order valence-electron chi connectivity index (χ0n) is 7.51. The van der Waals surface area contributed by atoms with Gasteiger partial charge in [0.1, 0.15) is 0 Å². The van der Waals surface area contributed by atoms with Crippen LogP contribution in [0.4, 0.5) is 0 Å². The molecule has 3 heteroatoms. The Balaban J connectivity index is 2.79. The van der Waals surface area contributed by atoms with E-state index < -0.39 is 0 Å². The molecule has 1 aromatic rings. The fourth-order valence-electron chi connectivity index (χ4n) is 0.999. The highest BCUT2D eigenvalue weighted by Gasteiger charge is 1.92. The largest absolute Gasteiger partial charge is 0.328 e. The molecule has 1 N–H and O–H groups in total. The van der Waals surface area contributed by atoms with E-state index in [-0.39, 0.29) is 5.56 Å². The van der Waals surface area contributed by atoms with E-state index in [1.165, 1.54) is 0 Å². The average molecular weight is 242 g/mol. The number of alkyl halides is 1. The number of nitrogens with one attached hydrogen (secondary N) is 1. The molecule has 0 aliphatic rings. The van der Waals surface area contributed by atoms with Crippen LogP contribution in [0.25, 0.3) is 6.08 Å². The quantitative estimate of drug-likeness (QED) is 0.811. The van der Waals surface area contributed by atoms with Crippen molar-refractivity contribution in [2.24, 2.45) is 0 Å². The van der Waals surface area contributed by atoms with Crippen molar-refractivity contribution in [3.8, 4) is 0 Å². The van der Waals surface area contributed by atoms with E-state index >= 15 is 0 Å². The van der Waals surface area contributed by atoms with E-state index in [2.05, 4.69) is 27.0 Å². The third-order valence-electron chi connectivity index (χ3n) is 1.70. The molecular formula is C10H12BrNO. The van der Waals surface area contributed by atoms with E-state index in [4.69, 9.17) is 0 Å². The molecule has 0 unspecified atom stereocenters. The molecule has 70 valence electrons. The number of hydrogen-bond acceptors (Lipinski definition) is 1. The summed E-state index contributed by atoms with van der Waals surface area (Å²) in [5.74, 6) is 0. The Morgan fingerprint density at radius 3 is 3.00 bits per heavy atom. The van der Waals surface area contributed by atoms with Crippen LogP contribution in [0.15, 0.2) is 23.1 Å². The van der Waals surface area contributed by atoms with Crippen LogP contribution < -0.4 is 5.56 Å². The highest BCUT2D eigenvalue weighted by atomic mass is 79.9. The molecule has 0 bridgehead atoms. The molecule has 1 rings (SSSR count). The number of aryl methyl sites for hydroxylation is 1. The van der Waals surface area contributed by atoms with Crippen molar-refractivity contribution in [3.05, 3.63) is 39.8 Å². The maximum absolute atomic E-state index is 11.0. The molecule has 0 fully saturated rings. The lowest BCUT2D eigenvalue weighted by molar-refractivity contribution is 1.17. The Labute approximate surface area is 85.8 Å². The summed E-state index contributed by atoms with van der Waals surface area (Å²) in [7, 11) is 0. The Hall–Kier alpha value is -0.830. The monoisotopic (exact) mass is 241 g/mol. The van der Waals surface area contributed by atoms with Crippen LogP contribution >= 0.6 is 15.9 Å². The van der Waals surface area contributed by atoms with Gasteiger partial charge in [-0.25, -0.2) is 0 Å². The lowest BCUT2D eigenvalue weighted by Crippen LogP contribution is -2.07. The number of aromatic amines is 1. The average Bonchev–Trinajstić information content (AvgIpc) is 2.12. The summed E-state index contributed by atoms with van der Waals surface area (Å²) in [6.07, 6.45) is 6.80. The molecule has 0 aliphatic carbocycles. The summed E-state index contributed by atoms with van der Waals surface area (Å²) in [4.78, 5) is 13.7. The van der Waals surface area contributed by atoms with Gasteiger partial charge in [-0.05, 0) is 25.0 Å². The molecule has 0 radical (unpaired) electrons. The van der Waals surface area contributed by atoms with Crippen LogP contribution in [0, 0.1) is 6.92 Å². The molecule has 1 aromatic heterocycles. The normalized spacial score (nSPS) is 10.9. The minimum Gasteiger partial charge on any atom is -0.328 e. The van der Waals surface area contributed by atoms with Gasteiger partial charge in [0.2, 0.25) is 0 Å². The molecule has 0 saturated heterocycles. The highest BCUT2D eigenvalue weighted by Crippen LogP contribution is 2.01. The summed E-state index contributed by atoms with van der Waals surface area (Å²) in [6.45, 7) is 1.81. The van der Waals surface area contributed by atoms with Gasteiger partial charge in [-0.3, -0.25) is 4.79 Å². The van der Waals surface area contributed by atoms with E-state index in [0.717, 1.165) is 22.9 Å². The zero-order valence-corrected chi connectivity index (χ0v) is 9.10. The molecule has 1 heterocycles. The van der Waals surface area contributed by atoms with Crippen molar-refractivity contribution >= 4 is 22.0 Å². The third-order valence-corrected chi connectivity index (χ3v) is 2.16. The van der Waals surface area contributed by atoms with Crippen molar-refractivity contribution in [1.29, 1.82) is 0 Å². The molecule has 13 heavy (non-hydrogen) atoms. The van der Waals surface area contributed by atoms with Gasteiger partial charge in [0.25, 0.3) is 5.56 Å². The second kappa shape index (κ2) is 5.02. The van der Waals surface area contributed by atoms with Gasteiger partial charge in [0.15, 0.2) is 0 Å². The summed E-state index contributed by atoms with van der Waals surface area (Å²) < 4.78 is 0. The van der Waals surface area contributed by atoms with Gasteiger partial charge in [0, 0.05) is 17.1 Å². The van der Waals surface area contributed by atoms with Crippen LogP contribution in [0.2, 0.25) is 0 Å². The third kappa shape index (κ3) is 3.19. The lowest BCUT2D eigenvalue weighted by Gasteiger charge is -1.94. The maximum Gasteiger partial charge on any atom is 0.250 e. The predicted molar refractivity (Wildman–Crippen MR) is 59.2 cm³/mol. The molecule has 0 amide bonds. The fourth-order valence-corrected chi connectivity index (χ4v) is 1.26. The van der Waals surface area contributed by atoms with Crippen LogP contribution in [0.1, 0.15) is 17.5 Å². The molecule has 0 aliphatic heterocycles. The topological polar surface area (TPSA) is 32.9 Å². The van der Waals surface area contributed by atoms with Crippen molar-refractivity contribution in [1.82, 2.24) is 4.98 Å². The summed E-state index contributed by atoms with van der Waals surface area (Å²) in [5.41, 5.74) is 1.77. The Morgan fingerprint density at radius 2 is 2.38 bits per heavy atom. The second-order valence-electron chi connectivity index (χ2n) is 2.83. The summed E-state index contributed by atoms with van der Waals surface area (Å²) >= 11 is 3.34. The zero-order chi connectivity index (χ0) is 9.68. The Morgan fingerprint density at radius 1 is 1.62 bits per heavy atom. The van der Waals surface area contributed by atoms with Gasteiger partial charge in [0.05, 0.1) is 0 Å². The molecule has 0 spiro atoms. The van der Waals surface area contributed by atoms with E-state index in [1.54, 1.807) is 13.1 Å². The SMILES string of the molecule is Cc1cc(C=CCCBr)c[nH]c1=O. The van der Waals surface area contributed by atoms with Gasteiger partial charge in [-0.2, -0.15) is 0 Å². The summed E-state index contributed by atoms with van der Waals surface area (Å²) in [5, 5.41) is 0.964. The van der Waals surface area contributed by atoms with E-state index in [0.29, 0.717) is 0 Å². The van der Waals surface area contributed by atoms with E-state index in [1.807, 2.05) is 12.1 Å².